The first kappa shape index (κ1) is 11.8. The smallest absolute Gasteiger partial charge is 0.0523 e. The van der Waals surface area contributed by atoms with Crippen LogP contribution in [0.1, 0.15) is 46.5 Å². The largest absolute Gasteiger partial charge is 0.118 e. The van der Waals surface area contributed by atoms with Crippen molar-refractivity contribution in [2.24, 2.45) is 5.41 Å². The minimum absolute atomic E-state index is 0.235. The SMILES string of the molecule is C=C(C)CCC1=CC(Cl)CC(C)(C)C1. The van der Waals surface area contributed by atoms with Crippen molar-refractivity contribution in [3.8, 4) is 0 Å². The van der Waals surface area contributed by atoms with Crippen molar-refractivity contribution < 1.29 is 0 Å². The molecule has 14 heavy (non-hydrogen) atoms. The van der Waals surface area contributed by atoms with E-state index in [1.165, 1.54) is 17.6 Å². The highest BCUT2D eigenvalue weighted by Crippen LogP contribution is 2.38. The second-order valence-corrected chi connectivity index (χ2v) is 5.90. The summed E-state index contributed by atoms with van der Waals surface area (Å²) in [6, 6.07) is 0. The van der Waals surface area contributed by atoms with Gasteiger partial charge in [-0.2, -0.15) is 0 Å². The molecule has 1 atom stereocenters. The Bertz CT molecular complexity index is 248. The van der Waals surface area contributed by atoms with Crippen molar-refractivity contribution in [3.05, 3.63) is 23.8 Å². The lowest BCUT2D eigenvalue weighted by atomic mass is 9.76. The summed E-state index contributed by atoms with van der Waals surface area (Å²) < 4.78 is 0. The van der Waals surface area contributed by atoms with Gasteiger partial charge in [0.25, 0.3) is 0 Å². The van der Waals surface area contributed by atoms with Crippen LogP contribution in [0.2, 0.25) is 0 Å². The van der Waals surface area contributed by atoms with Gasteiger partial charge in [-0.05, 0) is 38.0 Å². The summed E-state index contributed by atoms with van der Waals surface area (Å²) in [5.74, 6) is 0. The molecule has 0 aliphatic heterocycles. The fraction of sp³-hybridized carbons (Fsp3) is 0.692. The molecule has 0 saturated heterocycles. The van der Waals surface area contributed by atoms with Gasteiger partial charge in [-0.1, -0.05) is 31.1 Å². The van der Waals surface area contributed by atoms with Gasteiger partial charge in [-0.15, -0.1) is 18.2 Å². The monoisotopic (exact) mass is 212 g/mol. The third-order valence-corrected chi connectivity index (χ3v) is 3.02. The Hall–Kier alpha value is -0.230. The molecule has 0 saturated carbocycles. The summed E-state index contributed by atoms with van der Waals surface area (Å²) in [4.78, 5) is 0. The molecule has 0 aromatic rings. The Kier molecular flexibility index (Phi) is 3.83. The van der Waals surface area contributed by atoms with Gasteiger partial charge in [0.2, 0.25) is 0 Å². The average Bonchev–Trinajstić information content (AvgIpc) is 1.96. The van der Waals surface area contributed by atoms with Gasteiger partial charge in [-0.3, -0.25) is 0 Å². The first-order valence-electron chi connectivity index (χ1n) is 5.37. The maximum atomic E-state index is 6.21. The van der Waals surface area contributed by atoms with Gasteiger partial charge < -0.3 is 0 Å². The maximum absolute atomic E-state index is 6.21. The van der Waals surface area contributed by atoms with Crippen molar-refractivity contribution >= 4 is 11.6 Å². The molecule has 0 aromatic heterocycles. The average molecular weight is 213 g/mol. The lowest BCUT2D eigenvalue weighted by Gasteiger charge is -2.32. The van der Waals surface area contributed by atoms with Crippen LogP contribution in [0.25, 0.3) is 0 Å². The van der Waals surface area contributed by atoms with E-state index in [4.69, 9.17) is 11.6 Å². The van der Waals surface area contributed by atoms with Crippen molar-refractivity contribution in [2.45, 2.75) is 51.8 Å². The van der Waals surface area contributed by atoms with Gasteiger partial charge in [0.05, 0.1) is 5.38 Å². The molecular formula is C13H21Cl. The first-order chi connectivity index (χ1) is 6.39. The zero-order chi connectivity index (χ0) is 10.8. The molecule has 0 fully saturated rings. The van der Waals surface area contributed by atoms with Crippen molar-refractivity contribution in [1.29, 1.82) is 0 Å². The molecule has 80 valence electrons. The molecule has 0 N–H and O–H groups in total. The minimum atomic E-state index is 0.235. The number of hydrogen-bond acceptors (Lipinski definition) is 0. The Balaban J connectivity index is 2.56. The quantitative estimate of drug-likeness (QED) is 0.470. The molecule has 0 bridgehead atoms. The molecule has 0 heterocycles. The van der Waals surface area contributed by atoms with Crippen LogP contribution in [0.15, 0.2) is 23.8 Å². The first-order valence-corrected chi connectivity index (χ1v) is 5.81. The highest BCUT2D eigenvalue weighted by molar-refractivity contribution is 6.21. The second kappa shape index (κ2) is 4.53. The standard InChI is InChI=1S/C13H21Cl/c1-10(2)5-6-11-7-12(14)9-13(3,4)8-11/h7,12H,1,5-6,8-9H2,2-4H3. The van der Waals surface area contributed by atoms with Crippen LogP contribution in [0, 0.1) is 5.41 Å². The molecule has 0 spiro atoms. The molecule has 0 radical (unpaired) electrons. The predicted molar refractivity (Wildman–Crippen MR) is 64.8 cm³/mol. The molecule has 1 rings (SSSR count). The number of hydrogen-bond donors (Lipinski definition) is 0. The van der Waals surface area contributed by atoms with Gasteiger partial charge >= 0.3 is 0 Å². The number of alkyl halides is 1. The van der Waals surface area contributed by atoms with E-state index in [1.807, 2.05) is 0 Å². The fourth-order valence-electron chi connectivity index (χ4n) is 2.13. The highest BCUT2D eigenvalue weighted by Gasteiger charge is 2.27. The molecule has 1 aliphatic rings. The summed E-state index contributed by atoms with van der Waals surface area (Å²) in [6.45, 7) is 10.6. The predicted octanol–water partition coefficient (Wildman–Crippen LogP) is 4.70. The normalized spacial score (nSPS) is 25.7. The maximum Gasteiger partial charge on any atom is 0.0523 e. The molecule has 1 heteroatoms. The van der Waals surface area contributed by atoms with E-state index in [-0.39, 0.29) is 5.38 Å². The van der Waals surface area contributed by atoms with Crippen LogP contribution < -0.4 is 0 Å². The Labute approximate surface area is 93.0 Å². The molecule has 0 amide bonds. The van der Waals surface area contributed by atoms with E-state index in [9.17, 15) is 0 Å². The third-order valence-electron chi connectivity index (χ3n) is 2.74. The summed E-state index contributed by atoms with van der Waals surface area (Å²) in [5, 5.41) is 0.235. The molecule has 0 aromatic carbocycles. The van der Waals surface area contributed by atoms with Gasteiger partial charge in [-0.25, -0.2) is 0 Å². The zero-order valence-electron chi connectivity index (χ0n) is 9.57. The third kappa shape index (κ3) is 3.88. The van der Waals surface area contributed by atoms with E-state index < -0.39 is 0 Å². The lowest BCUT2D eigenvalue weighted by molar-refractivity contribution is 0.318. The van der Waals surface area contributed by atoms with Crippen LogP contribution in [-0.2, 0) is 0 Å². The van der Waals surface area contributed by atoms with Gasteiger partial charge in [0.1, 0.15) is 0 Å². The zero-order valence-corrected chi connectivity index (χ0v) is 10.3. The minimum Gasteiger partial charge on any atom is -0.118 e. The fourth-order valence-corrected chi connectivity index (χ4v) is 2.73. The van der Waals surface area contributed by atoms with E-state index in [0.29, 0.717) is 5.41 Å². The van der Waals surface area contributed by atoms with E-state index >= 15 is 0 Å². The Morgan fingerprint density at radius 1 is 1.64 bits per heavy atom. The van der Waals surface area contributed by atoms with Crippen molar-refractivity contribution in [3.63, 3.8) is 0 Å². The number of allylic oxidation sites excluding steroid dienone is 3. The topological polar surface area (TPSA) is 0 Å². The second-order valence-electron chi connectivity index (χ2n) is 5.34. The van der Waals surface area contributed by atoms with Crippen LogP contribution in [0.4, 0.5) is 0 Å². The number of halogens is 1. The summed E-state index contributed by atoms with van der Waals surface area (Å²) >= 11 is 6.21. The summed E-state index contributed by atoms with van der Waals surface area (Å²) in [5.41, 5.74) is 3.16. The van der Waals surface area contributed by atoms with Crippen LogP contribution in [0.3, 0.4) is 0 Å². The van der Waals surface area contributed by atoms with Crippen molar-refractivity contribution in [2.75, 3.05) is 0 Å². The molecule has 1 aliphatic carbocycles. The van der Waals surface area contributed by atoms with E-state index in [1.54, 1.807) is 0 Å². The molecular weight excluding hydrogens is 192 g/mol. The summed E-state index contributed by atoms with van der Waals surface area (Å²) in [6.07, 6.45) is 6.79. The van der Waals surface area contributed by atoms with Crippen LogP contribution in [-0.4, -0.2) is 5.38 Å². The van der Waals surface area contributed by atoms with Gasteiger partial charge in [0, 0.05) is 0 Å². The van der Waals surface area contributed by atoms with Gasteiger partial charge in [0.15, 0.2) is 0 Å². The lowest BCUT2D eigenvalue weighted by Crippen LogP contribution is -2.22. The molecule has 1 unspecified atom stereocenters. The molecule has 0 nitrogen and oxygen atoms in total. The summed E-state index contributed by atoms with van der Waals surface area (Å²) in [7, 11) is 0. The van der Waals surface area contributed by atoms with Crippen LogP contribution >= 0.6 is 11.6 Å². The van der Waals surface area contributed by atoms with Crippen molar-refractivity contribution in [1.82, 2.24) is 0 Å². The number of rotatable bonds is 3. The Morgan fingerprint density at radius 2 is 2.29 bits per heavy atom. The van der Waals surface area contributed by atoms with E-state index in [0.717, 1.165) is 19.3 Å². The van der Waals surface area contributed by atoms with E-state index in [2.05, 4.69) is 33.4 Å². The van der Waals surface area contributed by atoms with Crippen LogP contribution in [0.5, 0.6) is 0 Å². The Morgan fingerprint density at radius 3 is 2.79 bits per heavy atom. The highest BCUT2D eigenvalue weighted by atomic mass is 35.5.